The Morgan fingerprint density at radius 1 is 1.19 bits per heavy atom. The van der Waals surface area contributed by atoms with E-state index in [1.807, 2.05) is 6.92 Å². The highest BCUT2D eigenvalue weighted by molar-refractivity contribution is 7.19. The number of piperidine rings is 1. The Labute approximate surface area is 192 Å². The number of aryl methyl sites for hydroxylation is 3. The Kier molecular flexibility index (Phi) is 6.49. The van der Waals surface area contributed by atoms with Crippen molar-refractivity contribution in [3.05, 3.63) is 39.5 Å². The lowest BCUT2D eigenvalue weighted by atomic mass is 9.95. The molecule has 1 saturated heterocycles. The molecule has 1 aliphatic heterocycles. The summed E-state index contributed by atoms with van der Waals surface area (Å²) in [7, 11) is 0. The van der Waals surface area contributed by atoms with E-state index in [4.69, 9.17) is 16.3 Å². The summed E-state index contributed by atoms with van der Waals surface area (Å²) in [4.78, 5) is 25.9. The van der Waals surface area contributed by atoms with E-state index in [9.17, 15) is 4.79 Å². The van der Waals surface area contributed by atoms with Crippen LogP contribution in [0.5, 0.6) is 0 Å². The fourth-order valence-corrected chi connectivity index (χ4v) is 5.61. The average Bonchev–Trinajstić information content (AvgIpc) is 3.13. The zero-order valence-electron chi connectivity index (χ0n) is 18.5. The maximum atomic E-state index is 12.2. The highest BCUT2D eigenvalue weighted by atomic mass is 35.5. The van der Waals surface area contributed by atoms with Crippen LogP contribution in [0.4, 0.5) is 5.82 Å². The molecule has 0 atom stereocenters. The van der Waals surface area contributed by atoms with Gasteiger partial charge < -0.3 is 9.64 Å². The SMILES string of the molecule is CCOC(=O)C1CCN(c2nc(Cl)nc3sc(CC)c(-c4ccc(C)c(C)c4)c23)CC1. The molecule has 0 aliphatic carbocycles. The predicted molar refractivity (Wildman–Crippen MR) is 128 cm³/mol. The van der Waals surface area contributed by atoms with Gasteiger partial charge in [-0.15, -0.1) is 11.3 Å². The molecule has 1 fully saturated rings. The van der Waals surface area contributed by atoms with Crippen molar-refractivity contribution in [1.82, 2.24) is 9.97 Å². The Morgan fingerprint density at radius 3 is 2.58 bits per heavy atom. The number of benzene rings is 1. The number of rotatable bonds is 5. The molecule has 3 heterocycles. The number of carbonyl (C=O) groups is 1. The van der Waals surface area contributed by atoms with E-state index < -0.39 is 0 Å². The van der Waals surface area contributed by atoms with E-state index >= 15 is 0 Å². The monoisotopic (exact) mass is 457 g/mol. The number of anilines is 1. The molecule has 0 radical (unpaired) electrons. The third-order valence-corrected chi connectivity index (χ3v) is 7.51. The minimum atomic E-state index is -0.0901. The Bertz CT molecular complexity index is 1120. The number of esters is 1. The summed E-state index contributed by atoms with van der Waals surface area (Å²) in [5.74, 6) is 0.742. The van der Waals surface area contributed by atoms with Gasteiger partial charge >= 0.3 is 5.97 Å². The van der Waals surface area contributed by atoms with Crippen molar-refractivity contribution in [3.8, 4) is 11.1 Å². The molecule has 7 heteroatoms. The maximum Gasteiger partial charge on any atom is 0.309 e. The van der Waals surface area contributed by atoms with E-state index in [0.29, 0.717) is 6.61 Å². The van der Waals surface area contributed by atoms with Gasteiger partial charge in [0.1, 0.15) is 10.6 Å². The van der Waals surface area contributed by atoms with E-state index in [1.165, 1.54) is 27.1 Å². The Morgan fingerprint density at radius 2 is 1.94 bits per heavy atom. The van der Waals surface area contributed by atoms with Gasteiger partial charge in [0.15, 0.2) is 0 Å². The molecule has 1 aliphatic rings. The number of thiophene rings is 1. The van der Waals surface area contributed by atoms with Crippen molar-refractivity contribution in [1.29, 1.82) is 0 Å². The van der Waals surface area contributed by atoms with Crippen LogP contribution in [0, 0.1) is 19.8 Å². The topological polar surface area (TPSA) is 55.3 Å². The molecule has 31 heavy (non-hydrogen) atoms. The average molecular weight is 458 g/mol. The van der Waals surface area contributed by atoms with Gasteiger partial charge in [0, 0.05) is 23.5 Å². The molecule has 4 rings (SSSR count). The number of aromatic nitrogens is 2. The quantitative estimate of drug-likeness (QED) is 0.349. The number of halogens is 1. The smallest absolute Gasteiger partial charge is 0.309 e. The van der Waals surface area contributed by atoms with Crippen LogP contribution >= 0.6 is 22.9 Å². The first-order valence-electron chi connectivity index (χ1n) is 10.9. The van der Waals surface area contributed by atoms with Gasteiger partial charge in [-0.3, -0.25) is 4.79 Å². The molecular formula is C24H28ClN3O2S. The van der Waals surface area contributed by atoms with Crippen LogP contribution in [0.15, 0.2) is 18.2 Å². The minimum Gasteiger partial charge on any atom is -0.466 e. The summed E-state index contributed by atoms with van der Waals surface area (Å²) in [6.07, 6.45) is 2.43. The third kappa shape index (κ3) is 4.28. The van der Waals surface area contributed by atoms with Crippen LogP contribution in [0.1, 0.15) is 42.7 Å². The lowest BCUT2D eigenvalue weighted by molar-refractivity contribution is -0.148. The summed E-state index contributed by atoms with van der Waals surface area (Å²) >= 11 is 8.04. The van der Waals surface area contributed by atoms with E-state index in [-0.39, 0.29) is 17.2 Å². The van der Waals surface area contributed by atoms with Gasteiger partial charge in [-0.1, -0.05) is 25.1 Å². The van der Waals surface area contributed by atoms with Crippen molar-refractivity contribution in [2.24, 2.45) is 5.92 Å². The van der Waals surface area contributed by atoms with Gasteiger partial charge in [0.2, 0.25) is 5.28 Å². The number of fused-ring (bicyclic) bond motifs is 1. The van der Waals surface area contributed by atoms with Crippen molar-refractivity contribution >= 4 is 44.9 Å². The number of ether oxygens (including phenoxy) is 1. The highest BCUT2D eigenvalue weighted by Crippen LogP contribution is 2.44. The second-order valence-electron chi connectivity index (χ2n) is 8.06. The van der Waals surface area contributed by atoms with Crippen molar-refractivity contribution in [2.75, 3.05) is 24.6 Å². The first kappa shape index (κ1) is 22.0. The van der Waals surface area contributed by atoms with Crippen LogP contribution < -0.4 is 4.90 Å². The van der Waals surface area contributed by atoms with Crippen LogP contribution in [0.3, 0.4) is 0 Å². The molecule has 164 valence electrons. The van der Waals surface area contributed by atoms with Crippen LogP contribution in [-0.4, -0.2) is 35.6 Å². The van der Waals surface area contributed by atoms with E-state index in [0.717, 1.165) is 48.4 Å². The normalized spacial score (nSPS) is 14.9. The third-order valence-electron chi connectivity index (χ3n) is 6.11. The Hall–Kier alpha value is -2.18. The van der Waals surface area contributed by atoms with Crippen molar-refractivity contribution in [3.63, 3.8) is 0 Å². The molecule has 0 spiro atoms. The molecule has 1 aromatic carbocycles. The highest BCUT2D eigenvalue weighted by Gasteiger charge is 2.29. The molecule has 0 bridgehead atoms. The number of carbonyl (C=O) groups excluding carboxylic acids is 1. The molecule has 5 nitrogen and oxygen atoms in total. The zero-order chi connectivity index (χ0) is 22.1. The van der Waals surface area contributed by atoms with Crippen molar-refractivity contribution in [2.45, 2.75) is 47.0 Å². The largest absolute Gasteiger partial charge is 0.466 e. The summed E-state index contributed by atoms with van der Waals surface area (Å²) < 4.78 is 5.22. The molecule has 0 N–H and O–H groups in total. The Balaban J connectivity index is 1.78. The van der Waals surface area contributed by atoms with Crippen LogP contribution in [0.2, 0.25) is 5.28 Å². The van der Waals surface area contributed by atoms with Gasteiger partial charge in [0.25, 0.3) is 0 Å². The molecule has 0 unspecified atom stereocenters. The van der Waals surface area contributed by atoms with E-state index in [1.54, 1.807) is 11.3 Å². The summed E-state index contributed by atoms with van der Waals surface area (Å²) in [5, 5.41) is 1.34. The molecular weight excluding hydrogens is 430 g/mol. The first-order chi connectivity index (χ1) is 14.9. The van der Waals surface area contributed by atoms with Gasteiger partial charge in [-0.2, -0.15) is 4.98 Å². The number of nitrogens with zero attached hydrogens (tertiary/aromatic N) is 3. The molecule has 3 aromatic rings. The minimum absolute atomic E-state index is 0.0445. The van der Waals surface area contributed by atoms with Crippen LogP contribution in [-0.2, 0) is 16.0 Å². The number of hydrogen-bond donors (Lipinski definition) is 0. The predicted octanol–water partition coefficient (Wildman–Crippen LogP) is 5.97. The standard InChI is InChI=1S/C24H28ClN3O2S/c1-5-18-19(17-8-7-14(3)15(4)13-17)20-21(26-24(25)27-22(20)31-18)28-11-9-16(10-12-28)23(29)30-6-2/h7-8,13,16H,5-6,9-12H2,1-4H3. The summed E-state index contributed by atoms with van der Waals surface area (Å²) in [6.45, 7) is 10.2. The molecule has 0 amide bonds. The summed E-state index contributed by atoms with van der Waals surface area (Å²) in [6, 6.07) is 6.62. The van der Waals surface area contributed by atoms with E-state index in [2.05, 4.69) is 53.8 Å². The van der Waals surface area contributed by atoms with Crippen LogP contribution in [0.25, 0.3) is 21.3 Å². The number of hydrogen-bond acceptors (Lipinski definition) is 6. The maximum absolute atomic E-state index is 12.2. The summed E-state index contributed by atoms with van der Waals surface area (Å²) in [5.41, 5.74) is 4.96. The second-order valence-corrected chi connectivity index (χ2v) is 9.48. The first-order valence-corrected chi connectivity index (χ1v) is 12.1. The fourth-order valence-electron chi connectivity index (χ4n) is 4.27. The van der Waals surface area contributed by atoms with Gasteiger partial charge in [0.05, 0.1) is 17.9 Å². The zero-order valence-corrected chi connectivity index (χ0v) is 20.1. The second kappa shape index (κ2) is 9.13. The molecule has 2 aromatic heterocycles. The lowest BCUT2D eigenvalue weighted by Gasteiger charge is -2.32. The fraction of sp³-hybridized carbons (Fsp3) is 0.458. The van der Waals surface area contributed by atoms with Gasteiger partial charge in [-0.05, 0) is 68.3 Å². The lowest BCUT2D eigenvalue weighted by Crippen LogP contribution is -2.37. The van der Waals surface area contributed by atoms with Gasteiger partial charge in [-0.25, -0.2) is 4.98 Å². The molecule has 0 saturated carbocycles. The van der Waals surface area contributed by atoms with Crippen molar-refractivity contribution < 1.29 is 9.53 Å².